The van der Waals surface area contributed by atoms with Gasteiger partial charge in [-0.05, 0) is 115 Å². The quantitative estimate of drug-likeness (QED) is 0.0671. The second-order valence-electron chi connectivity index (χ2n) is 21.3. The summed E-state index contributed by atoms with van der Waals surface area (Å²) in [5.74, 6) is 1.22. The van der Waals surface area contributed by atoms with Gasteiger partial charge in [0.1, 0.15) is 65.0 Å². The first kappa shape index (κ1) is 58.6. The number of nitrogens with zero attached hydrogens (tertiary/aromatic N) is 8. The number of alkyl halides is 3. The van der Waals surface area contributed by atoms with E-state index in [4.69, 9.17) is 64.7 Å². The minimum Gasteiger partial charge on any atom is -0.497 e. The molecule has 0 amide bonds. The van der Waals surface area contributed by atoms with Gasteiger partial charge in [0.05, 0.1) is 87.7 Å². The molecule has 2 fully saturated rings. The fourth-order valence-electron chi connectivity index (χ4n) is 11.6. The molecule has 8 aromatic rings. The largest absolute Gasteiger partial charge is 0.497 e. The minimum absolute atomic E-state index is 0.0293. The molecular weight excluding hydrogens is 1120 g/mol. The van der Waals surface area contributed by atoms with Gasteiger partial charge < -0.3 is 47.9 Å². The van der Waals surface area contributed by atoms with E-state index in [2.05, 4.69) is 4.90 Å². The molecule has 3 aliphatic rings. The highest BCUT2D eigenvalue weighted by Gasteiger charge is 2.42. The highest BCUT2D eigenvalue weighted by molar-refractivity contribution is 6.36. The average molecular weight is 1190 g/mol. The van der Waals surface area contributed by atoms with E-state index in [0.717, 1.165) is 41.3 Å². The molecule has 3 aliphatic heterocycles. The molecule has 3 aromatic heterocycles. The van der Waals surface area contributed by atoms with Crippen molar-refractivity contribution in [3.05, 3.63) is 171 Å². The van der Waals surface area contributed by atoms with Crippen LogP contribution in [0.25, 0.3) is 22.2 Å². The van der Waals surface area contributed by atoms with Crippen molar-refractivity contribution in [1.82, 2.24) is 24.8 Å². The summed E-state index contributed by atoms with van der Waals surface area (Å²) in [6.45, 7) is 6.04. The number of pyridine rings is 2. The van der Waals surface area contributed by atoms with Crippen LogP contribution < -0.4 is 43.1 Å². The van der Waals surface area contributed by atoms with Gasteiger partial charge in [-0.25, -0.2) is 18.7 Å². The lowest BCUT2D eigenvalue weighted by molar-refractivity contribution is -0.137. The molecule has 0 saturated carbocycles. The molecule has 0 bridgehead atoms. The van der Waals surface area contributed by atoms with Crippen molar-refractivity contribution in [2.75, 3.05) is 82.7 Å². The van der Waals surface area contributed by atoms with Crippen LogP contribution in [-0.4, -0.2) is 105 Å². The first-order valence-electron chi connectivity index (χ1n) is 28.0. The number of hydrogen-bond acceptors (Lipinski definition) is 15. The molecule has 6 heterocycles. The number of methoxy groups -OCH3 is 4. The van der Waals surface area contributed by atoms with Crippen LogP contribution in [0.3, 0.4) is 0 Å². The summed E-state index contributed by atoms with van der Waals surface area (Å²) >= 11 is 7.39. The van der Waals surface area contributed by atoms with Crippen LogP contribution in [0.2, 0.25) is 5.02 Å². The molecule has 0 aliphatic carbocycles. The summed E-state index contributed by atoms with van der Waals surface area (Å²) in [6.07, 6.45) is -2.23. The van der Waals surface area contributed by atoms with E-state index in [1.165, 1.54) is 19.1 Å². The van der Waals surface area contributed by atoms with Gasteiger partial charge in [0, 0.05) is 50.4 Å². The maximum Gasteiger partial charge on any atom is 0.418 e. The van der Waals surface area contributed by atoms with Crippen LogP contribution in [0.15, 0.2) is 115 Å². The van der Waals surface area contributed by atoms with E-state index in [1.807, 2.05) is 89.5 Å². The molecular formula is C64H64ClF5N8O7. The lowest BCUT2D eigenvalue weighted by Gasteiger charge is -2.34. The maximum atomic E-state index is 18.6. The summed E-state index contributed by atoms with van der Waals surface area (Å²) in [5, 5.41) is -0.509. The molecule has 5 aromatic carbocycles. The summed E-state index contributed by atoms with van der Waals surface area (Å²) in [7, 11) is 6.29. The molecule has 0 radical (unpaired) electrons. The van der Waals surface area contributed by atoms with Gasteiger partial charge in [-0.2, -0.15) is 23.1 Å². The molecule has 15 nitrogen and oxygen atoms in total. The van der Waals surface area contributed by atoms with E-state index < -0.39 is 51.2 Å². The van der Waals surface area contributed by atoms with Crippen LogP contribution in [-0.2, 0) is 37.1 Å². The van der Waals surface area contributed by atoms with Crippen LogP contribution in [0.5, 0.6) is 34.8 Å². The summed E-state index contributed by atoms with van der Waals surface area (Å²) in [4.78, 5) is 27.2. The second-order valence-corrected chi connectivity index (χ2v) is 21.7. The Bertz CT molecular complexity index is 3560. The molecule has 11 rings (SSSR count). The van der Waals surface area contributed by atoms with E-state index in [-0.39, 0.29) is 79.3 Å². The number of anilines is 3. The predicted molar refractivity (Wildman–Crippen MR) is 315 cm³/mol. The van der Waals surface area contributed by atoms with Gasteiger partial charge in [0.15, 0.2) is 11.6 Å². The topological polar surface area (TPSA) is 129 Å². The molecule has 444 valence electrons. The Balaban J connectivity index is 1.07. The van der Waals surface area contributed by atoms with Gasteiger partial charge in [-0.1, -0.05) is 60.1 Å². The number of morpholine rings is 1. The molecule has 1 unspecified atom stereocenters. The molecule has 0 spiro atoms. The fourth-order valence-corrected chi connectivity index (χ4v) is 12.0. The smallest absolute Gasteiger partial charge is 0.418 e. The Morgan fingerprint density at radius 1 is 0.706 bits per heavy atom. The van der Waals surface area contributed by atoms with Crippen LogP contribution in [0.4, 0.5) is 39.4 Å². The van der Waals surface area contributed by atoms with Gasteiger partial charge in [-0.3, -0.25) is 4.90 Å². The second kappa shape index (κ2) is 25.2. The Hall–Kier alpha value is -8.20. The molecule has 85 heavy (non-hydrogen) atoms. The number of benzene rings is 5. The van der Waals surface area contributed by atoms with Gasteiger partial charge >= 0.3 is 12.2 Å². The number of rotatable bonds is 20. The number of fused-ring (bicyclic) bond motifs is 1. The van der Waals surface area contributed by atoms with E-state index in [1.54, 1.807) is 57.6 Å². The number of aromatic nitrogens is 4. The predicted octanol–water partition coefficient (Wildman–Crippen LogP) is 13.0. The van der Waals surface area contributed by atoms with Crippen LogP contribution >= 0.6 is 11.6 Å². The average Bonchev–Trinajstić information content (AvgIpc) is 1.89. The monoisotopic (exact) mass is 1190 g/mol. The van der Waals surface area contributed by atoms with E-state index >= 15 is 22.0 Å². The Kier molecular flexibility index (Phi) is 17.3. The number of aryl methyl sites for hydroxylation is 1. The standard InChI is InChI=1S/C64H64ClF5N8O7/c1-38-29-52(75(32-40-7-17-47(79-3)18-8-40)33-41-9-19-48(80-4)20-10-41)72-58(55(38)64(68,69)70)53-56(65)60-54-59(57(53)67)73-63(85-37-46-16-15-45-36-83-27-25-78(45)46)74-62(54)77(26-28-84-60)39(2)51-30-44(66)31-71-61(51)76(34-42-11-21-49(81-5)22-12-42)35-43-13-23-50(82-6)24-14-43/h7-14,17-24,29-31,39,45-46H,15-16,25-28,32-37H2,1-6H3/t39?,45-,46-/m0/s1. The van der Waals surface area contributed by atoms with E-state index in [0.29, 0.717) is 67.2 Å². The third-order valence-corrected chi connectivity index (χ3v) is 16.4. The van der Waals surface area contributed by atoms with Crippen molar-refractivity contribution in [3.63, 3.8) is 0 Å². The molecule has 2 saturated heterocycles. The van der Waals surface area contributed by atoms with Crippen molar-refractivity contribution in [2.45, 2.75) is 77.2 Å². The zero-order chi connectivity index (χ0) is 59.5. The Morgan fingerprint density at radius 2 is 1.26 bits per heavy atom. The molecule has 3 atom stereocenters. The highest BCUT2D eigenvalue weighted by Crippen LogP contribution is 2.52. The van der Waals surface area contributed by atoms with Crippen LogP contribution in [0, 0.1) is 18.6 Å². The lowest BCUT2D eigenvalue weighted by Crippen LogP contribution is -2.46. The highest BCUT2D eigenvalue weighted by atomic mass is 35.5. The van der Waals surface area contributed by atoms with Gasteiger partial charge in [0.25, 0.3) is 0 Å². The van der Waals surface area contributed by atoms with Crippen molar-refractivity contribution in [2.24, 2.45) is 0 Å². The van der Waals surface area contributed by atoms with Crippen LogP contribution in [0.1, 0.15) is 64.8 Å². The third kappa shape index (κ3) is 12.5. The minimum atomic E-state index is -5.05. The van der Waals surface area contributed by atoms with E-state index in [9.17, 15) is 0 Å². The Morgan fingerprint density at radius 3 is 1.80 bits per heavy atom. The zero-order valence-electron chi connectivity index (χ0n) is 47.9. The zero-order valence-corrected chi connectivity index (χ0v) is 48.6. The third-order valence-electron chi connectivity index (χ3n) is 16.0. The van der Waals surface area contributed by atoms with Crippen molar-refractivity contribution in [3.8, 4) is 46.0 Å². The maximum absolute atomic E-state index is 18.6. The number of halogens is 6. The van der Waals surface area contributed by atoms with Crippen molar-refractivity contribution < 1.29 is 55.1 Å². The SMILES string of the molecule is COc1ccc(CN(Cc2ccc(OC)cc2)c2cc(C)c(C(F)(F)F)c(-c3c(Cl)c4c5c(nc(OC[C@@H]6CC[C@H]7COCCN76)nc5c3F)N(C(C)c3cc(F)cnc3N(Cc3ccc(OC)cc3)Cc3ccc(OC)cc3)CCO4)n2)cc1. The summed E-state index contributed by atoms with van der Waals surface area (Å²) < 4.78 is 123. The van der Waals surface area contributed by atoms with Crippen molar-refractivity contribution in [1.29, 1.82) is 0 Å². The van der Waals surface area contributed by atoms with Gasteiger partial charge in [-0.15, -0.1) is 0 Å². The number of ether oxygens (including phenoxy) is 7. The molecule has 21 heteroatoms. The van der Waals surface area contributed by atoms with Crippen molar-refractivity contribution >= 4 is 40.0 Å². The summed E-state index contributed by atoms with van der Waals surface area (Å²) in [6, 6.07) is 31.6. The van der Waals surface area contributed by atoms with Gasteiger partial charge in [0.2, 0.25) is 0 Å². The Labute approximate surface area is 494 Å². The first-order chi connectivity index (χ1) is 41.1. The fraction of sp³-hybridized carbons (Fsp3) is 0.344. The number of hydrogen-bond donors (Lipinski definition) is 0. The molecule has 0 N–H and O–H groups in total. The first-order valence-corrected chi connectivity index (χ1v) is 28.3. The lowest BCUT2D eigenvalue weighted by atomic mass is 9.98. The normalized spacial score (nSPS) is 16.3. The summed E-state index contributed by atoms with van der Waals surface area (Å²) in [5.41, 5.74) is 0.535.